The zero-order chi connectivity index (χ0) is 16.5. The van der Waals surface area contributed by atoms with E-state index in [-0.39, 0.29) is 5.91 Å². The molecule has 126 valence electrons. The van der Waals surface area contributed by atoms with Crippen molar-refractivity contribution in [1.29, 1.82) is 0 Å². The molecule has 1 aromatic carbocycles. The minimum Gasteiger partial charge on any atom is -0.347 e. The smallest absolute Gasteiger partial charge is 0.251 e. The fraction of sp³-hybridized carbons (Fsp3) is 0.421. The number of nitrogens with one attached hydrogen (secondary N) is 1. The SMILES string of the molecule is C[C@H]1[C@H](NC(=O)c2ccc(Sc3cccs3)cc2)C2CCN1CC2. The highest BCUT2D eigenvalue weighted by molar-refractivity contribution is 8.01. The Balaban J connectivity index is 1.41. The molecule has 1 aromatic heterocycles. The third kappa shape index (κ3) is 3.25. The maximum atomic E-state index is 12.6. The molecule has 2 atom stereocenters. The minimum atomic E-state index is 0.0632. The summed E-state index contributed by atoms with van der Waals surface area (Å²) in [6.45, 7) is 4.62. The molecule has 0 spiro atoms. The van der Waals surface area contributed by atoms with E-state index in [1.54, 1.807) is 23.1 Å². The van der Waals surface area contributed by atoms with Gasteiger partial charge < -0.3 is 5.32 Å². The van der Waals surface area contributed by atoms with Gasteiger partial charge >= 0.3 is 0 Å². The molecule has 1 N–H and O–H groups in total. The number of nitrogens with zero attached hydrogens (tertiary/aromatic N) is 1. The van der Waals surface area contributed by atoms with Gasteiger partial charge in [0.25, 0.3) is 5.91 Å². The van der Waals surface area contributed by atoms with Gasteiger partial charge in [0.15, 0.2) is 0 Å². The van der Waals surface area contributed by atoms with E-state index in [1.807, 2.05) is 24.3 Å². The summed E-state index contributed by atoms with van der Waals surface area (Å²) in [5.74, 6) is 0.705. The summed E-state index contributed by atoms with van der Waals surface area (Å²) in [6.07, 6.45) is 2.43. The van der Waals surface area contributed by atoms with Gasteiger partial charge in [0.1, 0.15) is 0 Å². The molecule has 3 aliphatic heterocycles. The molecule has 0 radical (unpaired) electrons. The Morgan fingerprint density at radius 2 is 1.96 bits per heavy atom. The van der Waals surface area contributed by atoms with E-state index in [0.29, 0.717) is 18.0 Å². The number of piperidine rings is 3. The van der Waals surface area contributed by atoms with Gasteiger partial charge in [0, 0.05) is 22.5 Å². The third-order valence-corrected chi connectivity index (χ3v) is 7.35. The molecule has 0 unspecified atom stereocenters. The zero-order valence-electron chi connectivity index (χ0n) is 13.8. The van der Waals surface area contributed by atoms with Gasteiger partial charge in [-0.05, 0) is 74.5 Å². The largest absolute Gasteiger partial charge is 0.347 e. The molecule has 2 aromatic rings. The summed E-state index contributed by atoms with van der Waals surface area (Å²) in [5.41, 5.74) is 0.758. The summed E-state index contributed by atoms with van der Waals surface area (Å²) in [5, 5.41) is 5.38. The summed E-state index contributed by atoms with van der Waals surface area (Å²) in [6, 6.07) is 12.9. The number of rotatable bonds is 4. The molecule has 3 fully saturated rings. The van der Waals surface area contributed by atoms with E-state index in [4.69, 9.17) is 0 Å². The maximum Gasteiger partial charge on any atom is 0.251 e. The Kier molecular flexibility index (Phi) is 4.66. The van der Waals surface area contributed by atoms with Gasteiger partial charge in [0.2, 0.25) is 0 Å². The van der Waals surface area contributed by atoms with Crippen molar-refractivity contribution >= 4 is 29.0 Å². The summed E-state index contributed by atoms with van der Waals surface area (Å²) < 4.78 is 1.27. The molecule has 4 heterocycles. The highest BCUT2D eigenvalue weighted by Crippen LogP contribution is 2.33. The van der Waals surface area contributed by atoms with Gasteiger partial charge in [-0.2, -0.15) is 0 Å². The molecule has 5 rings (SSSR count). The van der Waals surface area contributed by atoms with Crippen molar-refractivity contribution in [2.75, 3.05) is 13.1 Å². The van der Waals surface area contributed by atoms with Crippen LogP contribution < -0.4 is 5.32 Å². The van der Waals surface area contributed by atoms with Gasteiger partial charge in [-0.15, -0.1) is 11.3 Å². The van der Waals surface area contributed by atoms with Crippen molar-refractivity contribution in [2.24, 2.45) is 5.92 Å². The standard InChI is InChI=1S/C19H22N2OS2/c1-13-18(14-8-10-21(13)11-9-14)20-19(22)15-4-6-16(7-5-15)24-17-3-2-12-23-17/h2-7,12-14,18H,8-11H2,1H3,(H,20,22)/t13-,18-/m0/s1. The van der Waals surface area contributed by atoms with Crippen LogP contribution in [-0.2, 0) is 0 Å². The first-order chi connectivity index (χ1) is 11.7. The number of thiophene rings is 1. The molecule has 0 aliphatic carbocycles. The second kappa shape index (κ2) is 6.90. The van der Waals surface area contributed by atoms with Crippen LogP contribution in [0.5, 0.6) is 0 Å². The van der Waals surface area contributed by atoms with Crippen molar-refractivity contribution < 1.29 is 4.79 Å². The number of hydrogen-bond donors (Lipinski definition) is 1. The molecular formula is C19H22N2OS2. The van der Waals surface area contributed by atoms with Crippen LogP contribution in [0.1, 0.15) is 30.1 Å². The van der Waals surface area contributed by atoms with Crippen LogP contribution >= 0.6 is 23.1 Å². The fourth-order valence-electron chi connectivity index (χ4n) is 3.89. The van der Waals surface area contributed by atoms with Gasteiger partial charge in [-0.25, -0.2) is 0 Å². The molecule has 3 aliphatic rings. The Bertz CT molecular complexity index is 689. The molecule has 2 bridgehead atoms. The summed E-state index contributed by atoms with van der Waals surface area (Å²) >= 11 is 3.48. The molecule has 24 heavy (non-hydrogen) atoms. The van der Waals surface area contributed by atoms with Gasteiger partial charge in [-0.3, -0.25) is 9.69 Å². The van der Waals surface area contributed by atoms with Crippen LogP contribution in [0.25, 0.3) is 0 Å². The number of hydrogen-bond acceptors (Lipinski definition) is 4. The third-order valence-electron chi connectivity index (χ3n) is 5.31. The lowest BCUT2D eigenvalue weighted by Gasteiger charge is -2.49. The minimum absolute atomic E-state index is 0.0632. The van der Waals surface area contributed by atoms with Crippen LogP contribution in [0.15, 0.2) is 50.9 Å². The Labute approximate surface area is 151 Å². The summed E-state index contributed by atoms with van der Waals surface area (Å²) in [7, 11) is 0. The molecule has 1 amide bonds. The van der Waals surface area contributed by atoms with E-state index in [9.17, 15) is 4.79 Å². The Hall–Kier alpha value is -1.30. The molecule has 3 nitrogen and oxygen atoms in total. The number of fused-ring (bicyclic) bond motifs is 3. The Morgan fingerprint density at radius 1 is 1.21 bits per heavy atom. The van der Waals surface area contributed by atoms with Crippen LogP contribution in [0.3, 0.4) is 0 Å². The molecule has 5 heteroatoms. The van der Waals surface area contributed by atoms with Crippen molar-refractivity contribution in [3.05, 3.63) is 47.3 Å². The van der Waals surface area contributed by atoms with E-state index >= 15 is 0 Å². The highest BCUT2D eigenvalue weighted by atomic mass is 32.2. The maximum absolute atomic E-state index is 12.6. The lowest BCUT2D eigenvalue weighted by molar-refractivity contribution is 0.0217. The topological polar surface area (TPSA) is 32.3 Å². The van der Waals surface area contributed by atoms with Gasteiger partial charge in [0.05, 0.1) is 4.21 Å². The number of carbonyl (C=O) groups excluding carboxylic acids is 1. The summed E-state index contributed by atoms with van der Waals surface area (Å²) in [4.78, 5) is 16.3. The first-order valence-electron chi connectivity index (χ1n) is 8.57. The predicted octanol–water partition coefficient (Wildman–Crippen LogP) is 4.11. The lowest BCUT2D eigenvalue weighted by Crippen LogP contribution is -2.62. The highest BCUT2D eigenvalue weighted by Gasteiger charge is 2.40. The molecule has 0 saturated carbocycles. The van der Waals surface area contributed by atoms with Crippen molar-refractivity contribution in [1.82, 2.24) is 10.2 Å². The first kappa shape index (κ1) is 16.2. The number of amides is 1. The Morgan fingerprint density at radius 3 is 2.58 bits per heavy atom. The first-order valence-corrected chi connectivity index (χ1v) is 10.3. The van der Waals surface area contributed by atoms with Crippen molar-refractivity contribution in [3.8, 4) is 0 Å². The van der Waals surface area contributed by atoms with Gasteiger partial charge in [-0.1, -0.05) is 17.8 Å². The molecular weight excluding hydrogens is 336 g/mol. The zero-order valence-corrected chi connectivity index (χ0v) is 15.4. The van der Waals surface area contributed by atoms with E-state index in [2.05, 4.69) is 34.7 Å². The van der Waals surface area contributed by atoms with Crippen molar-refractivity contribution in [3.63, 3.8) is 0 Å². The van der Waals surface area contributed by atoms with Crippen molar-refractivity contribution in [2.45, 2.75) is 41.0 Å². The van der Waals surface area contributed by atoms with E-state index < -0.39 is 0 Å². The van der Waals surface area contributed by atoms with Crippen LogP contribution in [-0.4, -0.2) is 36.0 Å². The monoisotopic (exact) mass is 358 g/mol. The second-order valence-corrected chi connectivity index (χ2v) is 8.99. The number of carbonyl (C=O) groups is 1. The molecule has 3 saturated heterocycles. The average Bonchev–Trinajstić information content (AvgIpc) is 3.12. The normalized spacial score (nSPS) is 28.7. The second-order valence-electron chi connectivity index (χ2n) is 6.67. The predicted molar refractivity (Wildman–Crippen MR) is 99.9 cm³/mol. The van der Waals surface area contributed by atoms with Crippen LogP contribution in [0.4, 0.5) is 0 Å². The average molecular weight is 359 g/mol. The lowest BCUT2D eigenvalue weighted by atomic mass is 9.79. The fourth-order valence-corrected chi connectivity index (χ4v) is 5.64. The quantitative estimate of drug-likeness (QED) is 0.893. The van der Waals surface area contributed by atoms with Crippen LogP contribution in [0.2, 0.25) is 0 Å². The van der Waals surface area contributed by atoms with E-state index in [0.717, 1.165) is 5.56 Å². The number of benzene rings is 1. The van der Waals surface area contributed by atoms with E-state index in [1.165, 1.54) is 35.0 Å². The van der Waals surface area contributed by atoms with Crippen LogP contribution in [0, 0.1) is 5.92 Å².